The van der Waals surface area contributed by atoms with Crippen LogP contribution in [0.25, 0.3) is 0 Å². The molecule has 0 radical (unpaired) electrons. The van der Waals surface area contributed by atoms with Gasteiger partial charge in [0, 0.05) is 22.9 Å². The molecule has 1 saturated heterocycles. The first-order valence-electron chi connectivity index (χ1n) is 9.68. The van der Waals surface area contributed by atoms with E-state index in [0.717, 1.165) is 12.8 Å². The number of benzene rings is 2. The van der Waals surface area contributed by atoms with Crippen LogP contribution < -0.4 is 10.6 Å². The number of esters is 1. The van der Waals surface area contributed by atoms with Gasteiger partial charge in [0.2, 0.25) is 5.91 Å². The molecule has 7 heteroatoms. The molecule has 2 aromatic rings. The zero-order valence-electron chi connectivity index (χ0n) is 15.4. The number of nitrogens with one attached hydrogen (secondary N) is 2. The van der Waals surface area contributed by atoms with Crippen LogP contribution in [0.5, 0.6) is 0 Å². The number of halogens is 1. The fraction of sp³-hybridized carbons (Fsp3) is 0.318. The van der Waals surface area contributed by atoms with Crippen molar-refractivity contribution in [2.45, 2.75) is 18.9 Å². The molecule has 2 amide bonds. The van der Waals surface area contributed by atoms with Crippen LogP contribution in [0.1, 0.15) is 23.2 Å². The van der Waals surface area contributed by atoms with Crippen LogP contribution in [-0.4, -0.2) is 23.9 Å². The van der Waals surface area contributed by atoms with Gasteiger partial charge in [-0.3, -0.25) is 14.4 Å². The topological polar surface area (TPSA) is 84.5 Å². The zero-order valence-corrected chi connectivity index (χ0v) is 15.4. The summed E-state index contributed by atoms with van der Waals surface area (Å²) in [7, 11) is 0. The van der Waals surface area contributed by atoms with E-state index >= 15 is 0 Å². The minimum absolute atomic E-state index is 0.000420. The maximum absolute atomic E-state index is 13.0. The van der Waals surface area contributed by atoms with E-state index in [4.69, 9.17) is 4.74 Å². The summed E-state index contributed by atoms with van der Waals surface area (Å²) >= 11 is 0. The van der Waals surface area contributed by atoms with Gasteiger partial charge in [-0.25, -0.2) is 4.39 Å². The predicted octanol–water partition coefficient (Wildman–Crippen LogP) is 3.21. The molecule has 5 atom stereocenters. The van der Waals surface area contributed by atoms with Crippen LogP contribution in [0.2, 0.25) is 0 Å². The lowest BCUT2D eigenvalue weighted by Gasteiger charge is -2.23. The lowest BCUT2D eigenvalue weighted by Crippen LogP contribution is -2.35. The van der Waals surface area contributed by atoms with Crippen LogP contribution in [0, 0.1) is 29.5 Å². The van der Waals surface area contributed by atoms with Crippen LogP contribution in [0.4, 0.5) is 15.8 Å². The summed E-state index contributed by atoms with van der Waals surface area (Å²) < 4.78 is 18.3. The second-order valence-corrected chi connectivity index (χ2v) is 7.95. The molecule has 148 valence electrons. The van der Waals surface area contributed by atoms with Crippen molar-refractivity contribution in [2.24, 2.45) is 23.7 Å². The molecule has 2 saturated carbocycles. The van der Waals surface area contributed by atoms with E-state index in [0.29, 0.717) is 16.9 Å². The van der Waals surface area contributed by atoms with Gasteiger partial charge in [-0.15, -0.1) is 0 Å². The summed E-state index contributed by atoms with van der Waals surface area (Å²) in [5.74, 6) is -1.39. The largest absolute Gasteiger partial charge is 0.462 e. The summed E-state index contributed by atoms with van der Waals surface area (Å²) in [4.78, 5) is 37.2. The number of carbonyl (C=O) groups excluding carboxylic acids is 3. The number of hydrogen-bond acceptors (Lipinski definition) is 4. The summed E-state index contributed by atoms with van der Waals surface area (Å²) in [6, 6.07) is 12.0. The third-order valence-electron chi connectivity index (χ3n) is 6.30. The Morgan fingerprint density at radius 3 is 2.31 bits per heavy atom. The third kappa shape index (κ3) is 3.06. The van der Waals surface area contributed by atoms with Gasteiger partial charge in [-0.2, -0.15) is 0 Å². The molecule has 6 nitrogen and oxygen atoms in total. The fourth-order valence-electron chi connectivity index (χ4n) is 5.03. The molecule has 1 heterocycles. The number of hydrogen-bond donors (Lipinski definition) is 2. The minimum Gasteiger partial charge on any atom is -0.462 e. The molecule has 0 unspecified atom stereocenters. The van der Waals surface area contributed by atoms with Gasteiger partial charge in [-0.1, -0.05) is 0 Å². The standard InChI is InChI=1S/C22H19FN2O4/c23-13-3-7-15(8-4-13)24-20(26)11-1-5-14(6-2-11)25-21(27)18-12-9-16-17(10-12)29-22(28)19(16)18/h1-8,12,16-19H,9-10H2,(H,24,26)(H,25,27)/t12-,16-,17-,18-,19+/m1/s1. The molecule has 3 aliphatic rings. The summed E-state index contributed by atoms with van der Waals surface area (Å²) in [6.07, 6.45) is 1.65. The third-order valence-corrected chi connectivity index (χ3v) is 6.30. The lowest BCUT2D eigenvalue weighted by molar-refractivity contribution is -0.145. The predicted molar refractivity (Wildman–Crippen MR) is 102 cm³/mol. The number of ether oxygens (including phenoxy) is 1. The van der Waals surface area contributed by atoms with Crippen molar-refractivity contribution in [1.29, 1.82) is 0 Å². The van der Waals surface area contributed by atoms with Crippen molar-refractivity contribution < 1.29 is 23.5 Å². The number of amides is 2. The van der Waals surface area contributed by atoms with Crippen LogP contribution in [-0.2, 0) is 14.3 Å². The van der Waals surface area contributed by atoms with E-state index < -0.39 is 0 Å². The minimum atomic E-state index is -0.375. The van der Waals surface area contributed by atoms with E-state index in [1.165, 1.54) is 24.3 Å². The average Bonchev–Trinajstić information content (AvgIpc) is 3.33. The molecular formula is C22H19FN2O4. The summed E-state index contributed by atoms with van der Waals surface area (Å²) in [5.41, 5.74) is 1.47. The molecule has 0 aromatic heterocycles. The molecule has 2 N–H and O–H groups in total. The number of carbonyl (C=O) groups is 3. The van der Waals surface area contributed by atoms with Gasteiger partial charge >= 0.3 is 5.97 Å². The number of fused-ring (bicyclic) bond motifs is 1. The molecule has 1 aliphatic heterocycles. The lowest BCUT2D eigenvalue weighted by atomic mass is 9.79. The summed E-state index contributed by atoms with van der Waals surface area (Å²) in [6.45, 7) is 0. The van der Waals surface area contributed by atoms with Gasteiger partial charge in [0.1, 0.15) is 11.9 Å². The van der Waals surface area contributed by atoms with Crippen molar-refractivity contribution >= 4 is 29.2 Å². The fourth-order valence-corrected chi connectivity index (χ4v) is 5.03. The normalized spacial score (nSPS) is 28.9. The van der Waals surface area contributed by atoms with Crippen LogP contribution in [0.3, 0.4) is 0 Å². The maximum atomic E-state index is 13.0. The van der Waals surface area contributed by atoms with E-state index in [1.54, 1.807) is 24.3 Å². The highest BCUT2D eigenvalue weighted by atomic mass is 19.1. The van der Waals surface area contributed by atoms with E-state index in [2.05, 4.69) is 10.6 Å². The van der Waals surface area contributed by atoms with E-state index in [1.807, 2.05) is 0 Å². The molecule has 2 bridgehead atoms. The van der Waals surface area contributed by atoms with E-state index in [-0.39, 0.29) is 53.4 Å². The van der Waals surface area contributed by atoms with Crippen molar-refractivity contribution in [3.05, 3.63) is 59.9 Å². The molecular weight excluding hydrogens is 375 g/mol. The van der Waals surface area contributed by atoms with Gasteiger partial charge in [0.05, 0.1) is 11.8 Å². The first-order valence-corrected chi connectivity index (χ1v) is 9.68. The molecule has 29 heavy (non-hydrogen) atoms. The van der Waals surface area contributed by atoms with Crippen molar-refractivity contribution in [3.63, 3.8) is 0 Å². The summed E-state index contributed by atoms with van der Waals surface area (Å²) in [5, 5.41) is 5.56. The Morgan fingerprint density at radius 2 is 1.59 bits per heavy atom. The highest BCUT2D eigenvalue weighted by Gasteiger charge is 2.63. The Balaban J connectivity index is 1.24. The first kappa shape index (κ1) is 17.8. The Hall–Kier alpha value is -3.22. The number of rotatable bonds is 4. The molecule has 0 spiro atoms. The molecule has 3 fully saturated rings. The molecule has 2 aromatic carbocycles. The van der Waals surface area contributed by atoms with Crippen molar-refractivity contribution in [2.75, 3.05) is 10.6 Å². The van der Waals surface area contributed by atoms with Gasteiger partial charge in [0.25, 0.3) is 5.91 Å². The van der Waals surface area contributed by atoms with Crippen molar-refractivity contribution in [1.82, 2.24) is 0 Å². The Bertz CT molecular complexity index is 987. The molecule has 2 aliphatic carbocycles. The second kappa shape index (κ2) is 6.69. The zero-order chi connectivity index (χ0) is 20.1. The second-order valence-electron chi connectivity index (χ2n) is 7.95. The van der Waals surface area contributed by atoms with E-state index in [9.17, 15) is 18.8 Å². The van der Waals surface area contributed by atoms with Crippen molar-refractivity contribution in [3.8, 4) is 0 Å². The van der Waals surface area contributed by atoms with Gasteiger partial charge in [-0.05, 0) is 67.3 Å². The van der Waals surface area contributed by atoms with Gasteiger partial charge in [0.15, 0.2) is 0 Å². The van der Waals surface area contributed by atoms with Gasteiger partial charge < -0.3 is 15.4 Å². The monoisotopic (exact) mass is 394 g/mol. The molecule has 5 rings (SSSR count). The smallest absolute Gasteiger partial charge is 0.310 e. The Morgan fingerprint density at radius 1 is 0.931 bits per heavy atom. The first-order chi connectivity index (χ1) is 14.0. The SMILES string of the molecule is O=C(Nc1ccc(F)cc1)c1ccc(NC(=O)[C@@H]2[C@@H]3C[C@H]4[C@@H]2C(=O)O[C@@H]4C3)cc1. The Kier molecular flexibility index (Phi) is 4.12. The highest BCUT2D eigenvalue weighted by molar-refractivity contribution is 6.04. The maximum Gasteiger partial charge on any atom is 0.310 e. The van der Waals surface area contributed by atoms with Crippen LogP contribution >= 0.6 is 0 Å². The quantitative estimate of drug-likeness (QED) is 0.780. The highest BCUT2D eigenvalue weighted by Crippen LogP contribution is 2.57. The van der Waals surface area contributed by atoms with Crippen LogP contribution in [0.15, 0.2) is 48.5 Å². The Labute approximate surface area is 166 Å². The number of anilines is 2. The average molecular weight is 394 g/mol.